The van der Waals surface area contributed by atoms with Crippen LogP contribution in [0.25, 0.3) is 0 Å². The zero-order valence-corrected chi connectivity index (χ0v) is 9.28. The molecule has 1 aromatic rings. The molecule has 1 atom stereocenters. The van der Waals surface area contributed by atoms with Gasteiger partial charge in [-0.3, -0.25) is 9.78 Å². The lowest BCUT2D eigenvalue weighted by Gasteiger charge is -2.11. The van der Waals surface area contributed by atoms with E-state index in [1.54, 1.807) is 6.20 Å². The molecule has 1 rings (SSSR count). The van der Waals surface area contributed by atoms with Gasteiger partial charge in [0, 0.05) is 10.7 Å². The van der Waals surface area contributed by atoms with Crippen LogP contribution in [0.2, 0.25) is 0 Å². The Balaban J connectivity index is 2.90. The fourth-order valence-corrected chi connectivity index (χ4v) is 1.67. The number of carbonyl (C=O) groups is 1. The molecule has 76 valence electrons. The van der Waals surface area contributed by atoms with Crippen LogP contribution in [-0.4, -0.2) is 16.1 Å². The SMILES string of the molecule is Cc1cc(Br)cnc1C(N)CC(=O)O. The highest BCUT2D eigenvalue weighted by Gasteiger charge is 2.14. The summed E-state index contributed by atoms with van der Waals surface area (Å²) in [5.74, 6) is -0.915. The Bertz CT molecular complexity index is 355. The van der Waals surface area contributed by atoms with Crippen LogP contribution in [0, 0.1) is 6.92 Å². The van der Waals surface area contributed by atoms with Crippen molar-refractivity contribution in [2.75, 3.05) is 0 Å². The van der Waals surface area contributed by atoms with Crippen molar-refractivity contribution in [2.45, 2.75) is 19.4 Å². The molecule has 0 aliphatic carbocycles. The third kappa shape index (κ3) is 2.78. The van der Waals surface area contributed by atoms with E-state index in [9.17, 15) is 4.79 Å². The smallest absolute Gasteiger partial charge is 0.305 e. The molecular weight excluding hydrogens is 248 g/mol. The summed E-state index contributed by atoms with van der Waals surface area (Å²) < 4.78 is 0.862. The van der Waals surface area contributed by atoms with Crippen molar-refractivity contribution in [3.63, 3.8) is 0 Å². The van der Waals surface area contributed by atoms with Crippen LogP contribution in [0.4, 0.5) is 0 Å². The molecule has 1 aromatic heterocycles. The first-order valence-electron chi connectivity index (χ1n) is 4.10. The van der Waals surface area contributed by atoms with Gasteiger partial charge in [-0.25, -0.2) is 0 Å². The van der Waals surface area contributed by atoms with Crippen molar-refractivity contribution < 1.29 is 9.90 Å². The summed E-state index contributed by atoms with van der Waals surface area (Å²) in [4.78, 5) is 14.5. The number of aryl methyl sites for hydroxylation is 1. The highest BCUT2D eigenvalue weighted by molar-refractivity contribution is 9.10. The Morgan fingerprint density at radius 3 is 2.93 bits per heavy atom. The van der Waals surface area contributed by atoms with Crippen molar-refractivity contribution in [1.29, 1.82) is 0 Å². The molecule has 3 N–H and O–H groups in total. The number of nitrogens with two attached hydrogens (primary N) is 1. The van der Waals surface area contributed by atoms with Crippen LogP contribution >= 0.6 is 15.9 Å². The molecule has 1 unspecified atom stereocenters. The minimum absolute atomic E-state index is 0.102. The van der Waals surface area contributed by atoms with E-state index in [-0.39, 0.29) is 6.42 Å². The summed E-state index contributed by atoms with van der Waals surface area (Å²) in [5.41, 5.74) is 7.22. The van der Waals surface area contributed by atoms with Crippen molar-refractivity contribution in [3.8, 4) is 0 Å². The van der Waals surface area contributed by atoms with E-state index in [0.717, 1.165) is 10.0 Å². The molecule has 0 bridgehead atoms. The topological polar surface area (TPSA) is 76.2 Å². The van der Waals surface area contributed by atoms with Crippen LogP contribution in [0.1, 0.15) is 23.7 Å². The summed E-state index contributed by atoms with van der Waals surface area (Å²) in [6, 6.07) is 1.32. The molecule has 0 aliphatic heterocycles. The molecule has 0 spiro atoms. The molecule has 14 heavy (non-hydrogen) atoms. The summed E-state index contributed by atoms with van der Waals surface area (Å²) >= 11 is 3.28. The zero-order valence-electron chi connectivity index (χ0n) is 7.70. The Hall–Kier alpha value is -0.940. The fraction of sp³-hybridized carbons (Fsp3) is 0.333. The molecule has 0 aromatic carbocycles. The Kier molecular flexibility index (Phi) is 3.60. The van der Waals surface area contributed by atoms with Crippen molar-refractivity contribution in [2.24, 2.45) is 5.73 Å². The van der Waals surface area contributed by atoms with Crippen LogP contribution in [0.3, 0.4) is 0 Å². The second-order valence-electron chi connectivity index (χ2n) is 3.06. The summed E-state index contributed by atoms with van der Waals surface area (Å²) in [7, 11) is 0. The molecule has 0 aliphatic rings. The molecule has 0 amide bonds. The number of pyridine rings is 1. The van der Waals surface area contributed by atoms with Crippen molar-refractivity contribution >= 4 is 21.9 Å². The van der Waals surface area contributed by atoms with Gasteiger partial charge >= 0.3 is 5.97 Å². The molecule has 0 fully saturated rings. The third-order valence-electron chi connectivity index (χ3n) is 1.83. The minimum atomic E-state index is -0.915. The number of rotatable bonds is 3. The van der Waals surface area contributed by atoms with E-state index in [1.807, 2.05) is 13.0 Å². The largest absolute Gasteiger partial charge is 0.481 e. The summed E-state index contributed by atoms with van der Waals surface area (Å²) in [6.45, 7) is 1.86. The zero-order chi connectivity index (χ0) is 10.7. The maximum Gasteiger partial charge on any atom is 0.305 e. The minimum Gasteiger partial charge on any atom is -0.481 e. The lowest BCUT2D eigenvalue weighted by molar-refractivity contribution is -0.137. The Morgan fingerprint density at radius 1 is 1.79 bits per heavy atom. The number of aromatic nitrogens is 1. The van der Waals surface area contributed by atoms with Gasteiger partial charge in [0.25, 0.3) is 0 Å². The highest BCUT2D eigenvalue weighted by Crippen LogP contribution is 2.19. The van der Waals surface area contributed by atoms with E-state index in [2.05, 4.69) is 20.9 Å². The molecule has 0 saturated heterocycles. The summed E-state index contributed by atoms with van der Waals surface area (Å²) in [5, 5.41) is 8.57. The van der Waals surface area contributed by atoms with E-state index >= 15 is 0 Å². The Labute approximate surface area is 90.3 Å². The van der Waals surface area contributed by atoms with E-state index in [4.69, 9.17) is 10.8 Å². The number of aliphatic carboxylic acids is 1. The van der Waals surface area contributed by atoms with Gasteiger partial charge in [0.15, 0.2) is 0 Å². The van der Waals surface area contributed by atoms with Gasteiger partial charge in [-0.1, -0.05) is 0 Å². The van der Waals surface area contributed by atoms with Crippen LogP contribution in [0.5, 0.6) is 0 Å². The van der Waals surface area contributed by atoms with Gasteiger partial charge in [-0.2, -0.15) is 0 Å². The summed E-state index contributed by atoms with van der Waals surface area (Å²) in [6.07, 6.45) is 1.51. The number of hydrogen-bond acceptors (Lipinski definition) is 3. The van der Waals surface area contributed by atoms with Gasteiger partial charge in [-0.05, 0) is 34.5 Å². The number of halogens is 1. The lowest BCUT2D eigenvalue weighted by Crippen LogP contribution is -2.17. The third-order valence-corrected chi connectivity index (χ3v) is 2.26. The number of hydrogen-bond donors (Lipinski definition) is 2. The van der Waals surface area contributed by atoms with Gasteiger partial charge in [0.1, 0.15) is 0 Å². The molecule has 4 nitrogen and oxygen atoms in total. The average Bonchev–Trinajstić information content (AvgIpc) is 2.01. The first-order chi connectivity index (χ1) is 6.50. The van der Waals surface area contributed by atoms with E-state index < -0.39 is 12.0 Å². The monoisotopic (exact) mass is 258 g/mol. The standard InChI is InChI=1S/C9H11BrN2O2/c1-5-2-6(10)4-12-9(5)7(11)3-8(13)14/h2,4,7H,3,11H2,1H3,(H,13,14). The number of nitrogens with zero attached hydrogens (tertiary/aromatic N) is 1. The second kappa shape index (κ2) is 4.52. The molecule has 1 heterocycles. The predicted octanol–water partition coefficient (Wildman–Crippen LogP) is 1.63. The molecular formula is C9H11BrN2O2. The maximum absolute atomic E-state index is 10.4. The maximum atomic E-state index is 10.4. The first-order valence-corrected chi connectivity index (χ1v) is 4.89. The molecule has 5 heteroatoms. The normalized spacial score (nSPS) is 12.5. The van der Waals surface area contributed by atoms with Crippen molar-refractivity contribution in [3.05, 3.63) is 28.0 Å². The van der Waals surface area contributed by atoms with E-state index in [1.165, 1.54) is 0 Å². The van der Waals surface area contributed by atoms with Crippen LogP contribution < -0.4 is 5.73 Å². The van der Waals surface area contributed by atoms with Gasteiger partial charge in [-0.15, -0.1) is 0 Å². The van der Waals surface area contributed by atoms with Crippen molar-refractivity contribution in [1.82, 2.24) is 4.98 Å². The average molecular weight is 259 g/mol. The molecule has 0 radical (unpaired) electrons. The van der Waals surface area contributed by atoms with Gasteiger partial charge < -0.3 is 10.8 Å². The lowest BCUT2D eigenvalue weighted by atomic mass is 10.1. The first kappa shape index (κ1) is 11.1. The van der Waals surface area contributed by atoms with Crippen LogP contribution in [0.15, 0.2) is 16.7 Å². The van der Waals surface area contributed by atoms with Gasteiger partial charge in [0.2, 0.25) is 0 Å². The highest BCUT2D eigenvalue weighted by atomic mass is 79.9. The number of carboxylic acids is 1. The predicted molar refractivity (Wildman–Crippen MR) is 55.9 cm³/mol. The molecule has 0 saturated carbocycles. The Morgan fingerprint density at radius 2 is 2.43 bits per heavy atom. The van der Waals surface area contributed by atoms with Gasteiger partial charge in [0.05, 0.1) is 18.2 Å². The van der Waals surface area contributed by atoms with E-state index in [0.29, 0.717) is 5.69 Å². The second-order valence-corrected chi connectivity index (χ2v) is 3.98. The van der Waals surface area contributed by atoms with Crippen LogP contribution in [-0.2, 0) is 4.79 Å². The number of carboxylic acid groups (broad SMARTS) is 1. The fourth-order valence-electron chi connectivity index (χ4n) is 1.22. The quantitative estimate of drug-likeness (QED) is 0.864.